The number of hydrogen-bond acceptors (Lipinski definition) is 5. The lowest BCUT2D eigenvalue weighted by molar-refractivity contribution is -0.117. The number of ether oxygens (including phenoxy) is 1. The van der Waals surface area contributed by atoms with Crippen molar-refractivity contribution in [2.75, 3.05) is 32.1 Å². The number of carbonyl (C=O) groups excluding carboxylic acids is 3. The molecular weight excluding hydrogens is 456 g/mol. The average Bonchev–Trinajstić information content (AvgIpc) is 2.77. The first-order valence-electron chi connectivity index (χ1n) is 12.3. The fourth-order valence-corrected chi connectivity index (χ4v) is 4.42. The molecule has 2 unspecified atom stereocenters. The largest absolute Gasteiger partial charge is 0.444 e. The van der Waals surface area contributed by atoms with Crippen LogP contribution in [0.5, 0.6) is 0 Å². The highest BCUT2D eigenvalue weighted by Gasteiger charge is 2.34. The Labute approximate surface area is 214 Å². The van der Waals surface area contributed by atoms with Crippen LogP contribution in [0.15, 0.2) is 42.5 Å². The molecule has 0 fully saturated rings. The summed E-state index contributed by atoms with van der Waals surface area (Å²) in [6.07, 6.45) is 0.0818. The molecule has 36 heavy (non-hydrogen) atoms. The van der Waals surface area contributed by atoms with Crippen molar-refractivity contribution in [2.24, 2.45) is 0 Å². The zero-order valence-corrected chi connectivity index (χ0v) is 22.3. The number of rotatable bonds is 6. The number of alkyl carbamates (subject to hydrolysis) is 1. The van der Waals surface area contributed by atoms with E-state index >= 15 is 0 Å². The van der Waals surface area contributed by atoms with Crippen LogP contribution in [0, 0.1) is 0 Å². The number of hydrogen-bond donors (Lipinski definition) is 2. The third-order valence-corrected chi connectivity index (χ3v) is 6.04. The zero-order chi connectivity index (χ0) is 26.6. The van der Waals surface area contributed by atoms with Gasteiger partial charge in [0.05, 0.1) is 6.04 Å². The number of nitrogens with zero attached hydrogens (tertiary/aromatic N) is 2. The van der Waals surface area contributed by atoms with Crippen molar-refractivity contribution in [2.45, 2.75) is 58.7 Å². The maximum Gasteiger partial charge on any atom is 0.408 e. The minimum absolute atomic E-state index is 0.0446. The van der Waals surface area contributed by atoms with E-state index in [2.05, 4.69) is 10.6 Å². The number of benzene rings is 2. The second-order valence-electron chi connectivity index (χ2n) is 10.6. The Balaban J connectivity index is 1.88. The molecule has 0 aliphatic carbocycles. The van der Waals surface area contributed by atoms with E-state index in [0.29, 0.717) is 18.5 Å². The van der Waals surface area contributed by atoms with Crippen LogP contribution in [0.3, 0.4) is 0 Å². The van der Waals surface area contributed by atoms with Gasteiger partial charge in [-0.15, -0.1) is 0 Å². The highest BCUT2D eigenvalue weighted by molar-refractivity contribution is 5.95. The number of anilines is 1. The normalized spacial score (nSPS) is 17.4. The lowest BCUT2D eigenvalue weighted by Crippen LogP contribution is -2.46. The molecule has 2 atom stereocenters. The van der Waals surface area contributed by atoms with E-state index in [9.17, 15) is 14.4 Å². The van der Waals surface area contributed by atoms with Crippen molar-refractivity contribution >= 4 is 23.6 Å². The smallest absolute Gasteiger partial charge is 0.408 e. The minimum Gasteiger partial charge on any atom is -0.444 e. The van der Waals surface area contributed by atoms with Crippen molar-refractivity contribution in [3.05, 3.63) is 53.6 Å². The number of fused-ring (bicyclic) bond motifs is 1. The summed E-state index contributed by atoms with van der Waals surface area (Å²) in [5.41, 5.74) is 3.49. The number of likely N-dealkylation sites (N-methyl/N-ethyl adjacent to an activating group) is 1. The first kappa shape index (κ1) is 27.2. The first-order chi connectivity index (χ1) is 16.9. The van der Waals surface area contributed by atoms with Crippen LogP contribution < -0.4 is 15.5 Å². The van der Waals surface area contributed by atoms with Gasteiger partial charge >= 0.3 is 6.09 Å². The Morgan fingerprint density at radius 1 is 1.06 bits per heavy atom. The summed E-state index contributed by atoms with van der Waals surface area (Å²) in [6, 6.07) is 12.9. The maximum absolute atomic E-state index is 12.6. The second-order valence-corrected chi connectivity index (χ2v) is 10.6. The van der Waals surface area contributed by atoms with Crippen LogP contribution in [0.2, 0.25) is 0 Å². The molecule has 0 bridgehead atoms. The molecule has 3 rings (SSSR count). The molecule has 3 amide bonds. The summed E-state index contributed by atoms with van der Waals surface area (Å²) >= 11 is 0. The molecule has 0 saturated carbocycles. The molecular formula is C28H38N4O4. The average molecular weight is 495 g/mol. The van der Waals surface area contributed by atoms with Crippen molar-refractivity contribution < 1.29 is 19.1 Å². The minimum atomic E-state index is -0.610. The first-order valence-corrected chi connectivity index (χ1v) is 12.3. The van der Waals surface area contributed by atoms with Gasteiger partial charge in [0.25, 0.3) is 5.91 Å². The van der Waals surface area contributed by atoms with E-state index in [1.54, 1.807) is 24.0 Å². The summed E-state index contributed by atoms with van der Waals surface area (Å²) in [4.78, 5) is 41.2. The van der Waals surface area contributed by atoms with Crippen molar-refractivity contribution in [3.63, 3.8) is 0 Å². The van der Waals surface area contributed by atoms with Gasteiger partial charge in [0.1, 0.15) is 5.60 Å². The molecule has 2 N–H and O–H groups in total. The van der Waals surface area contributed by atoms with Gasteiger partial charge in [-0.1, -0.05) is 18.2 Å². The fourth-order valence-electron chi connectivity index (χ4n) is 4.42. The molecule has 8 nitrogen and oxygen atoms in total. The van der Waals surface area contributed by atoms with Crippen molar-refractivity contribution in [1.29, 1.82) is 0 Å². The molecule has 194 valence electrons. The van der Waals surface area contributed by atoms with E-state index in [-0.39, 0.29) is 23.9 Å². The third-order valence-electron chi connectivity index (χ3n) is 6.04. The van der Waals surface area contributed by atoms with E-state index in [4.69, 9.17) is 4.74 Å². The summed E-state index contributed by atoms with van der Waals surface area (Å²) in [5.74, 6) is -0.154. The van der Waals surface area contributed by atoms with Crippen LogP contribution in [0.4, 0.5) is 10.5 Å². The molecule has 1 heterocycles. The summed E-state index contributed by atoms with van der Waals surface area (Å²) in [7, 11) is 3.92. The summed E-state index contributed by atoms with van der Waals surface area (Å²) < 4.78 is 5.49. The number of amides is 3. The van der Waals surface area contributed by atoms with Crippen LogP contribution in [0.1, 0.15) is 63.0 Å². The standard InChI is InChI=1S/C28H38N4O4/c1-18-16-24(30-27(35)36-28(3,4)5)23-17-22(12-13-25(23)32(18)19(2)33)20-8-10-21(11-9-20)26(34)29-14-15-31(6)7/h8-13,17-18,24H,14-16H2,1-7H3,(H,29,34)(H,30,35). The summed E-state index contributed by atoms with van der Waals surface area (Å²) in [5, 5.41) is 5.92. The third kappa shape index (κ3) is 6.85. The van der Waals surface area contributed by atoms with Crippen LogP contribution in [-0.4, -0.2) is 61.6 Å². The monoisotopic (exact) mass is 494 g/mol. The molecule has 0 radical (unpaired) electrons. The molecule has 1 aliphatic heterocycles. The lowest BCUT2D eigenvalue weighted by atomic mass is 9.89. The van der Waals surface area contributed by atoms with Gasteiger partial charge in [-0.05, 0) is 89.2 Å². The molecule has 0 saturated heterocycles. The van der Waals surface area contributed by atoms with E-state index in [1.165, 1.54) is 0 Å². The molecule has 1 aliphatic rings. The predicted molar refractivity (Wildman–Crippen MR) is 142 cm³/mol. The highest BCUT2D eigenvalue weighted by Crippen LogP contribution is 2.39. The highest BCUT2D eigenvalue weighted by atomic mass is 16.6. The topological polar surface area (TPSA) is 91.0 Å². The Bertz CT molecular complexity index is 1110. The van der Waals surface area contributed by atoms with Crippen LogP contribution in [0.25, 0.3) is 11.1 Å². The number of nitrogens with one attached hydrogen (secondary N) is 2. The van der Waals surface area contributed by atoms with Crippen molar-refractivity contribution in [3.8, 4) is 11.1 Å². The molecule has 8 heteroatoms. The molecule has 2 aromatic rings. The van der Waals surface area contributed by atoms with E-state index < -0.39 is 11.7 Å². The Morgan fingerprint density at radius 3 is 2.28 bits per heavy atom. The van der Waals surface area contributed by atoms with Gasteiger partial charge in [0.15, 0.2) is 0 Å². The van der Waals surface area contributed by atoms with Crippen LogP contribution >= 0.6 is 0 Å². The Hall–Kier alpha value is -3.39. The molecule has 0 aromatic heterocycles. The fraction of sp³-hybridized carbons (Fsp3) is 0.464. The zero-order valence-electron chi connectivity index (χ0n) is 22.3. The number of carbonyl (C=O) groups is 3. The van der Waals surface area contributed by atoms with E-state index in [1.807, 2.05) is 77.0 Å². The van der Waals surface area contributed by atoms with Gasteiger partial charge in [-0.25, -0.2) is 4.79 Å². The van der Waals surface area contributed by atoms with Crippen LogP contribution in [-0.2, 0) is 9.53 Å². The van der Waals surface area contributed by atoms with Gasteiger partial charge in [0.2, 0.25) is 5.91 Å². The maximum atomic E-state index is 12.6. The van der Waals surface area contributed by atoms with Crippen molar-refractivity contribution in [1.82, 2.24) is 15.5 Å². The van der Waals surface area contributed by atoms with Gasteiger partial charge in [-0.3, -0.25) is 9.59 Å². The summed E-state index contributed by atoms with van der Waals surface area (Å²) in [6.45, 7) is 10.4. The molecule has 0 spiro atoms. The Morgan fingerprint density at radius 2 is 1.69 bits per heavy atom. The SMILES string of the molecule is CC(=O)N1c2ccc(-c3ccc(C(=O)NCCN(C)C)cc3)cc2C(NC(=O)OC(C)(C)C)CC1C. The lowest BCUT2D eigenvalue weighted by Gasteiger charge is -2.39. The predicted octanol–water partition coefficient (Wildman–Crippen LogP) is 4.36. The van der Waals surface area contributed by atoms with Gasteiger partial charge < -0.3 is 25.2 Å². The second kappa shape index (κ2) is 11.1. The van der Waals surface area contributed by atoms with E-state index in [0.717, 1.165) is 28.9 Å². The quantitative estimate of drug-likeness (QED) is 0.623. The van der Waals surface area contributed by atoms with Gasteiger partial charge in [0, 0.05) is 37.3 Å². The Kier molecular flexibility index (Phi) is 8.40. The molecule has 2 aromatic carbocycles. The van der Waals surface area contributed by atoms with Gasteiger partial charge in [-0.2, -0.15) is 0 Å².